The zero-order valence-corrected chi connectivity index (χ0v) is 7.70. The van der Waals surface area contributed by atoms with Gasteiger partial charge in [-0.1, -0.05) is 18.2 Å². The van der Waals surface area contributed by atoms with Crippen LogP contribution in [0.25, 0.3) is 0 Å². The van der Waals surface area contributed by atoms with Crippen molar-refractivity contribution < 1.29 is 9.90 Å². The molecular formula is C9H9NO2S. The van der Waals surface area contributed by atoms with Gasteiger partial charge in [0, 0.05) is 12.1 Å². The van der Waals surface area contributed by atoms with Crippen molar-refractivity contribution in [2.45, 2.75) is 11.7 Å². The van der Waals surface area contributed by atoms with Crippen molar-refractivity contribution in [3.05, 3.63) is 23.8 Å². The van der Waals surface area contributed by atoms with E-state index < -0.39 is 5.97 Å². The average Bonchev–Trinajstić information content (AvgIpc) is 2.51. The molecule has 0 aromatic heterocycles. The summed E-state index contributed by atoms with van der Waals surface area (Å²) in [5.41, 5.74) is 0.953. The Hall–Kier alpha value is -1.03. The van der Waals surface area contributed by atoms with Crippen molar-refractivity contribution in [2.24, 2.45) is 10.3 Å². The van der Waals surface area contributed by atoms with E-state index in [9.17, 15) is 4.79 Å². The molecule has 0 saturated carbocycles. The third-order valence-corrected chi connectivity index (χ3v) is 3.09. The number of aliphatic carboxylic acids is 1. The first-order valence-corrected chi connectivity index (χ1v) is 4.89. The fourth-order valence-corrected chi connectivity index (χ4v) is 2.41. The topological polar surface area (TPSA) is 49.7 Å². The SMILES string of the molecule is O=C(O)CC1=CC=CC2SN=CC12. The minimum atomic E-state index is -0.773. The maximum atomic E-state index is 10.5. The second kappa shape index (κ2) is 3.38. The van der Waals surface area contributed by atoms with Crippen LogP contribution in [0.2, 0.25) is 0 Å². The van der Waals surface area contributed by atoms with Crippen molar-refractivity contribution in [1.29, 1.82) is 0 Å². The summed E-state index contributed by atoms with van der Waals surface area (Å²) < 4.78 is 4.09. The number of allylic oxidation sites excluding steroid dienone is 2. The van der Waals surface area contributed by atoms with E-state index in [0.29, 0.717) is 5.25 Å². The van der Waals surface area contributed by atoms with Crippen LogP contribution >= 0.6 is 11.9 Å². The first-order chi connectivity index (χ1) is 6.27. The molecule has 1 N–H and O–H groups in total. The summed E-state index contributed by atoms with van der Waals surface area (Å²) in [5.74, 6) is -0.573. The Morgan fingerprint density at radius 1 is 1.69 bits per heavy atom. The van der Waals surface area contributed by atoms with Crippen LogP contribution in [-0.2, 0) is 4.79 Å². The minimum absolute atomic E-state index is 0.123. The first kappa shape index (κ1) is 8.56. The molecule has 2 rings (SSSR count). The van der Waals surface area contributed by atoms with Gasteiger partial charge in [-0.05, 0) is 17.5 Å². The molecule has 0 amide bonds. The highest BCUT2D eigenvalue weighted by atomic mass is 32.2. The van der Waals surface area contributed by atoms with Gasteiger partial charge in [-0.2, -0.15) is 0 Å². The number of fused-ring (bicyclic) bond motifs is 1. The standard InChI is InChI=1S/C9H9NO2S/c11-9(12)4-6-2-1-3-8-7(6)5-10-13-8/h1-3,5,7-8H,4H2,(H,11,12). The van der Waals surface area contributed by atoms with Crippen molar-refractivity contribution in [2.75, 3.05) is 0 Å². The molecule has 1 heterocycles. The average molecular weight is 195 g/mol. The number of carboxylic acid groups (broad SMARTS) is 1. The van der Waals surface area contributed by atoms with Crippen LogP contribution in [0.15, 0.2) is 28.2 Å². The van der Waals surface area contributed by atoms with Crippen molar-refractivity contribution in [1.82, 2.24) is 0 Å². The Labute approximate surface area is 80.4 Å². The van der Waals surface area contributed by atoms with E-state index in [2.05, 4.69) is 10.5 Å². The summed E-state index contributed by atoms with van der Waals surface area (Å²) in [6, 6.07) is 0. The Morgan fingerprint density at radius 2 is 2.54 bits per heavy atom. The van der Waals surface area contributed by atoms with E-state index in [1.54, 1.807) is 0 Å². The predicted octanol–water partition coefficient (Wildman–Crippen LogP) is 1.67. The highest BCUT2D eigenvalue weighted by Crippen LogP contribution is 2.35. The molecule has 3 nitrogen and oxygen atoms in total. The van der Waals surface area contributed by atoms with Gasteiger partial charge in [-0.15, -0.1) is 0 Å². The van der Waals surface area contributed by atoms with Crippen molar-refractivity contribution in [3.8, 4) is 0 Å². The van der Waals surface area contributed by atoms with Crippen LogP contribution in [0.5, 0.6) is 0 Å². The molecule has 2 unspecified atom stereocenters. The smallest absolute Gasteiger partial charge is 0.307 e. The molecule has 0 spiro atoms. The van der Waals surface area contributed by atoms with E-state index >= 15 is 0 Å². The molecule has 0 aromatic carbocycles. The van der Waals surface area contributed by atoms with Crippen molar-refractivity contribution in [3.63, 3.8) is 0 Å². The second-order valence-electron chi connectivity index (χ2n) is 3.05. The fraction of sp³-hybridized carbons (Fsp3) is 0.333. The van der Waals surface area contributed by atoms with Crippen LogP contribution in [0, 0.1) is 5.92 Å². The second-order valence-corrected chi connectivity index (χ2v) is 4.01. The van der Waals surface area contributed by atoms with Crippen LogP contribution < -0.4 is 0 Å². The third kappa shape index (κ3) is 1.67. The Morgan fingerprint density at radius 3 is 3.31 bits per heavy atom. The summed E-state index contributed by atoms with van der Waals surface area (Å²) in [4.78, 5) is 10.5. The fourth-order valence-electron chi connectivity index (χ4n) is 1.53. The van der Waals surface area contributed by atoms with Gasteiger partial charge in [-0.25, -0.2) is 4.40 Å². The van der Waals surface area contributed by atoms with Gasteiger partial charge in [0.1, 0.15) is 0 Å². The van der Waals surface area contributed by atoms with Crippen LogP contribution in [0.4, 0.5) is 0 Å². The summed E-state index contributed by atoms with van der Waals surface area (Å²) in [6.45, 7) is 0. The molecular weight excluding hydrogens is 186 g/mol. The molecule has 1 aliphatic carbocycles. The lowest BCUT2D eigenvalue weighted by Crippen LogP contribution is -2.19. The van der Waals surface area contributed by atoms with Gasteiger partial charge in [0.2, 0.25) is 0 Å². The van der Waals surface area contributed by atoms with E-state index in [1.165, 1.54) is 11.9 Å². The molecule has 2 aliphatic rings. The molecule has 2 atom stereocenters. The molecule has 13 heavy (non-hydrogen) atoms. The lowest BCUT2D eigenvalue weighted by molar-refractivity contribution is -0.136. The van der Waals surface area contributed by atoms with E-state index in [0.717, 1.165) is 5.57 Å². The maximum absolute atomic E-state index is 10.5. The molecule has 0 radical (unpaired) electrons. The monoisotopic (exact) mass is 195 g/mol. The first-order valence-electron chi connectivity index (χ1n) is 4.06. The van der Waals surface area contributed by atoms with E-state index in [4.69, 9.17) is 5.11 Å². The molecule has 0 fully saturated rings. The molecule has 1 aliphatic heterocycles. The Bertz CT molecular complexity index is 320. The number of hydrogen-bond acceptors (Lipinski definition) is 3. The summed E-state index contributed by atoms with van der Waals surface area (Å²) >= 11 is 1.51. The molecule has 0 saturated heterocycles. The lowest BCUT2D eigenvalue weighted by Gasteiger charge is -2.18. The van der Waals surface area contributed by atoms with E-state index in [1.807, 2.05) is 18.4 Å². The Kier molecular flexibility index (Phi) is 2.22. The highest BCUT2D eigenvalue weighted by Gasteiger charge is 2.28. The third-order valence-electron chi connectivity index (χ3n) is 2.15. The van der Waals surface area contributed by atoms with Gasteiger partial charge in [0.25, 0.3) is 0 Å². The lowest BCUT2D eigenvalue weighted by atomic mass is 9.90. The minimum Gasteiger partial charge on any atom is -0.481 e. The van der Waals surface area contributed by atoms with Crippen LogP contribution in [-0.4, -0.2) is 22.5 Å². The summed E-state index contributed by atoms with van der Waals surface area (Å²) in [6.07, 6.45) is 7.83. The predicted molar refractivity (Wildman–Crippen MR) is 52.8 cm³/mol. The van der Waals surface area contributed by atoms with Crippen molar-refractivity contribution >= 4 is 24.1 Å². The van der Waals surface area contributed by atoms with Crippen LogP contribution in [0.1, 0.15) is 6.42 Å². The zero-order chi connectivity index (χ0) is 9.26. The zero-order valence-electron chi connectivity index (χ0n) is 6.88. The van der Waals surface area contributed by atoms with Gasteiger partial charge >= 0.3 is 5.97 Å². The molecule has 68 valence electrons. The quantitative estimate of drug-likeness (QED) is 0.682. The number of hydrogen-bond donors (Lipinski definition) is 1. The number of carbonyl (C=O) groups is 1. The van der Waals surface area contributed by atoms with Gasteiger partial charge in [0.05, 0.1) is 11.7 Å². The van der Waals surface area contributed by atoms with E-state index in [-0.39, 0.29) is 12.3 Å². The largest absolute Gasteiger partial charge is 0.481 e. The van der Waals surface area contributed by atoms with Gasteiger partial charge < -0.3 is 5.11 Å². The summed E-state index contributed by atoms with van der Waals surface area (Å²) in [5, 5.41) is 8.99. The van der Waals surface area contributed by atoms with Gasteiger partial charge in [-0.3, -0.25) is 4.79 Å². The van der Waals surface area contributed by atoms with Crippen LogP contribution in [0.3, 0.4) is 0 Å². The number of rotatable bonds is 2. The highest BCUT2D eigenvalue weighted by molar-refractivity contribution is 7.99. The van der Waals surface area contributed by atoms with Gasteiger partial charge in [0.15, 0.2) is 0 Å². The molecule has 4 heteroatoms. The normalized spacial score (nSPS) is 30.0. The molecule has 0 aromatic rings. The Balaban J connectivity index is 2.17. The number of nitrogens with zero attached hydrogens (tertiary/aromatic N) is 1. The molecule has 0 bridgehead atoms. The summed E-state index contributed by atoms with van der Waals surface area (Å²) in [7, 11) is 0. The number of carboxylic acids is 1. The maximum Gasteiger partial charge on any atom is 0.307 e.